The quantitative estimate of drug-likeness (QED) is 0.581. The Kier molecular flexibility index (Phi) is 6.40. The molecule has 104 valence electrons. The maximum absolute atomic E-state index is 11.5. The first-order valence-electron chi connectivity index (χ1n) is 5.59. The van der Waals surface area contributed by atoms with Crippen LogP contribution in [0.15, 0.2) is 12.2 Å². The number of methoxy groups -OCH3 is 1. The van der Waals surface area contributed by atoms with Crippen molar-refractivity contribution in [1.82, 2.24) is 5.32 Å². The molecule has 0 heterocycles. The van der Waals surface area contributed by atoms with Gasteiger partial charge in [0.2, 0.25) is 0 Å². The Morgan fingerprint density at radius 3 is 2.28 bits per heavy atom. The molecule has 0 aromatic heterocycles. The van der Waals surface area contributed by atoms with Gasteiger partial charge in [-0.3, -0.25) is 0 Å². The highest BCUT2D eigenvalue weighted by molar-refractivity contribution is 5.77. The minimum Gasteiger partial charge on any atom is -0.467 e. The van der Waals surface area contributed by atoms with E-state index in [-0.39, 0.29) is 0 Å². The topological polar surface area (TPSA) is 84.9 Å². The van der Waals surface area contributed by atoms with Crippen molar-refractivity contribution >= 4 is 12.1 Å². The van der Waals surface area contributed by atoms with Crippen LogP contribution in [0.1, 0.15) is 27.7 Å². The predicted octanol–water partition coefficient (Wildman–Crippen LogP) is 0.990. The van der Waals surface area contributed by atoms with Gasteiger partial charge in [0.25, 0.3) is 0 Å². The lowest BCUT2D eigenvalue weighted by Crippen LogP contribution is -2.47. The van der Waals surface area contributed by atoms with Crippen molar-refractivity contribution in [3.63, 3.8) is 0 Å². The molecule has 0 bridgehead atoms. The number of carbonyl (C=O) groups is 2. The number of carbonyl (C=O) groups excluding carboxylic acids is 2. The molecule has 2 N–H and O–H groups in total. The summed E-state index contributed by atoms with van der Waals surface area (Å²) in [6.07, 6.45) is 0.895. The van der Waals surface area contributed by atoms with E-state index in [4.69, 9.17) is 4.74 Å². The summed E-state index contributed by atoms with van der Waals surface area (Å²) in [6.45, 7) is 6.85. The minimum absolute atomic E-state index is 0.652. The molecule has 6 nitrogen and oxygen atoms in total. The zero-order valence-electron chi connectivity index (χ0n) is 11.4. The molecule has 0 spiro atoms. The Morgan fingerprint density at radius 2 is 1.89 bits per heavy atom. The number of amides is 1. The highest BCUT2D eigenvalue weighted by Crippen LogP contribution is 2.08. The van der Waals surface area contributed by atoms with Gasteiger partial charge in [0.05, 0.1) is 13.2 Å². The van der Waals surface area contributed by atoms with E-state index >= 15 is 0 Å². The second kappa shape index (κ2) is 7.00. The van der Waals surface area contributed by atoms with Crippen molar-refractivity contribution in [1.29, 1.82) is 0 Å². The summed E-state index contributed by atoms with van der Waals surface area (Å²) in [5.41, 5.74) is -0.652. The molecule has 6 heteroatoms. The van der Waals surface area contributed by atoms with Gasteiger partial charge in [-0.15, -0.1) is 0 Å². The van der Waals surface area contributed by atoms with Gasteiger partial charge in [-0.2, -0.15) is 0 Å². The number of aliphatic hydroxyl groups excluding tert-OH is 1. The average molecular weight is 259 g/mol. The van der Waals surface area contributed by atoms with Crippen molar-refractivity contribution in [2.45, 2.75) is 45.4 Å². The second-order valence-corrected chi connectivity index (χ2v) is 4.67. The molecule has 0 unspecified atom stereocenters. The van der Waals surface area contributed by atoms with E-state index in [1.165, 1.54) is 6.08 Å². The first kappa shape index (κ1) is 16.4. The van der Waals surface area contributed by atoms with Crippen molar-refractivity contribution in [3.8, 4) is 0 Å². The molecule has 0 aromatic carbocycles. The SMILES string of the molecule is C/C=C/[C@H](NC(=O)OC(C)(C)C)[C@H](O)C(=O)OC. The molecular formula is C12H21NO5. The molecule has 0 radical (unpaired) electrons. The standard InChI is InChI=1S/C12H21NO5/c1-6-7-8(9(14)10(15)17-5)13-11(16)18-12(2,3)4/h6-9,14H,1-5H3,(H,13,16)/b7-6+/t8-,9-/m0/s1. The summed E-state index contributed by atoms with van der Waals surface area (Å²) in [4.78, 5) is 22.7. The summed E-state index contributed by atoms with van der Waals surface area (Å²) in [5, 5.41) is 12.1. The van der Waals surface area contributed by atoms with Crippen LogP contribution < -0.4 is 5.32 Å². The zero-order chi connectivity index (χ0) is 14.3. The first-order chi connectivity index (χ1) is 8.21. The molecule has 2 atom stereocenters. The van der Waals surface area contributed by atoms with Gasteiger partial charge in [0, 0.05) is 0 Å². The van der Waals surface area contributed by atoms with Gasteiger partial charge in [-0.05, 0) is 27.7 Å². The number of nitrogens with one attached hydrogen (secondary N) is 1. The predicted molar refractivity (Wildman–Crippen MR) is 66.0 cm³/mol. The summed E-state index contributed by atoms with van der Waals surface area (Å²) in [6, 6.07) is -0.891. The van der Waals surface area contributed by atoms with Crippen molar-refractivity contribution in [2.75, 3.05) is 7.11 Å². The largest absolute Gasteiger partial charge is 0.467 e. The van der Waals surface area contributed by atoms with E-state index in [1.807, 2.05) is 0 Å². The fourth-order valence-electron chi connectivity index (χ4n) is 1.15. The van der Waals surface area contributed by atoms with Crippen molar-refractivity contribution in [2.24, 2.45) is 0 Å². The fourth-order valence-corrected chi connectivity index (χ4v) is 1.15. The fraction of sp³-hybridized carbons (Fsp3) is 0.667. The van der Waals surface area contributed by atoms with Crippen LogP contribution >= 0.6 is 0 Å². The van der Waals surface area contributed by atoms with E-state index in [2.05, 4.69) is 10.1 Å². The lowest BCUT2D eigenvalue weighted by atomic mass is 10.1. The number of hydrogen-bond acceptors (Lipinski definition) is 5. The van der Waals surface area contributed by atoms with Gasteiger partial charge in [-0.25, -0.2) is 9.59 Å². The van der Waals surface area contributed by atoms with Gasteiger partial charge < -0.3 is 19.9 Å². The van der Waals surface area contributed by atoms with Crippen LogP contribution in [0.3, 0.4) is 0 Å². The number of esters is 1. The summed E-state index contributed by atoms with van der Waals surface area (Å²) >= 11 is 0. The minimum atomic E-state index is -1.47. The Bertz CT molecular complexity index is 319. The molecule has 0 saturated heterocycles. The Balaban J connectivity index is 4.63. The van der Waals surface area contributed by atoms with Gasteiger partial charge in [-0.1, -0.05) is 12.2 Å². The summed E-state index contributed by atoms with van der Waals surface area (Å²) in [7, 11) is 1.16. The average Bonchev–Trinajstić information content (AvgIpc) is 2.23. The summed E-state index contributed by atoms with van der Waals surface area (Å²) < 4.78 is 9.44. The van der Waals surface area contributed by atoms with E-state index in [0.717, 1.165) is 7.11 Å². The Labute approximate surface area is 107 Å². The number of hydrogen-bond donors (Lipinski definition) is 2. The van der Waals surface area contributed by atoms with Crippen LogP contribution in [0.2, 0.25) is 0 Å². The zero-order valence-corrected chi connectivity index (χ0v) is 11.4. The number of alkyl carbamates (subject to hydrolysis) is 1. The van der Waals surface area contributed by atoms with E-state index in [1.54, 1.807) is 33.8 Å². The summed E-state index contributed by atoms with van der Waals surface area (Å²) in [5.74, 6) is -0.825. The molecule has 0 aliphatic carbocycles. The van der Waals surface area contributed by atoms with Gasteiger partial charge in [0.1, 0.15) is 5.60 Å². The lowest BCUT2D eigenvalue weighted by molar-refractivity contribution is -0.151. The molecule has 1 amide bonds. The highest BCUT2D eigenvalue weighted by Gasteiger charge is 2.28. The molecule has 0 aliphatic heterocycles. The van der Waals surface area contributed by atoms with Crippen LogP contribution in [0.5, 0.6) is 0 Å². The molecule has 0 saturated carbocycles. The molecule has 0 aromatic rings. The molecule has 18 heavy (non-hydrogen) atoms. The van der Waals surface area contributed by atoms with Gasteiger partial charge in [0.15, 0.2) is 6.10 Å². The number of ether oxygens (including phenoxy) is 2. The smallest absolute Gasteiger partial charge is 0.408 e. The molecular weight excluding hydrogens is 238 g/mol. The Hall–Kier alpha value is -1.56. The Morgan fingerprint density at radius 1 is 1.33 bits per heavy atom. The third kappa shape index (κ3) is 6.24. The number of allylic oxidation sites excluding steroid dienone is 1. The lowest BCUT2D eigenvalue weighted by Gasteiger charge is -2.23. The monoisotopic (exact) mass is 259 g/mol. The van der Waals surface area contributed by atoms with Crippen LogP contribution in [-0.2, 0) is 14.3 Å². The third-order valence-corrected chi connectivity index (χ3v) is 1.87. The first-order valence-corrected chi connectivity index (χ1v) is 5.59. The number of aliphatic hydroxyl groups is 1. The second-order valence-electron chi connectivity index (χ2n) is 4.67. The van der Waals surface area contributed by atoms with Gasteiger partial charge >= 0.3 is 12.1 Å². The number of rotatable bonds is 4. The van der Waals surface area contributed by atoms with Crippen LogP contribution in [0.25, 0.3) is 0 Å². The normalized spacial score (nSPS) is 15.0. The van der Waals surface area contributed by atoms with Crippen LogP contribution in [0.4, 0.5) is 4.79 Å². The third-order valence-electron chi connectivity index (χ3n) is 1.87. The maximum atomic E-state index is 11.5. The van der Waals surface area contributed by atoms with Crippen molar-refractivity contribution in [3.05, 3.63) is 12.2 Å². The highest BCUT2D eigenvalue weighted by atomic mass is 16.6. The van der Waals surface area contributed by atoms with E-state index in [0.29, 0.717) is 0 Å². The molecule has 0 fully saturated rings. The van der Waals surface area contributed by atoms with E-state index in [9.17, 15) is 14.7 Å². The maximum Gasteiger partial charge on any atom is 0.408 e. The molecule has 0 rings (SSSR count). The van der Waals surface area contributed by atoms with Crippen molar-refractivity contribution < 1.29 is 24.2 Å². The van der Waals surface area contributed by atoms with Crippen LogP contribution in [-0.4, -0.2) is 42.0 Å². The van der Waals surface area contributed by atoms with E-state index < -0.39 is 29.8 Å². The van der Waals surface area contributed by atoms with Crippen LogP contribution in [0, 0.1) is 0 Å². The molecule has 0 aliphatic rings.